The Kier molecular flexibility index (Phi) is 10.0. The summed E-state index contributed by atoms with van der Waals surface area (Å²) in [5.41, 5.74) is 9.18. The number of phenols is 2. The number of carbonyl (C=O) groups is 2. The molecular formula is C48H33ClN6O5. The maximum atomic E-state index is 13.9. The highest BCUT2D eigenvalue weighted by Gasteiger charge is 2.27. The molecule has 0 fully saturated rings. The number of amides is 1. The summed E-state index contributed by atoms with van der Waals surface area (Å²) in [6, 6.07) is 43.2. The Bertz CT molecular complexity index is 3110. The Morgan fingerprint density at radius 3 is 1.80 bits per heavy atom. The molecule has 12 heteroatoms. The monoisotopic (exact) mass is 808 g/mol. The van der Waals surface area contributed by atoms with Crippen molar-refractivity contribution in [3.05, 3.63) is 178 Å². The van der Waals surface area contributed by atoms with Gasteiger partial charge in [-0.1, -0.05) is 114 Å². The van der Waals surface area contributed by atoms with E-state index in [1.165, 1.54) is 0 Å². The fraction of sp³-hybridized carbons (Fsp3) is 0.0417. The lowest BCUT2D eigenvalue weighted by atomic mass is 10.1. The number of halogens is 1. The van der Waals surface area contributed by atoms with Gasteiger partial charge in [-0.2, -0.15) is 10.2 Å². The summed E-state index contributed by atoms with van der Waals surface area (Å²) in [7, 11) is 0. The largest absolute Gasteiger partial charge is 0.504 e. The number of ketones is 1. The van der Waals surface area contributed by atoms with Crippen molar-refractivity contribution in [1.29, 1.82) is 0 Å². The Hall–Kier alpha value is -7.73. The van der Waals surface area contributed by atoms with Gasteiger partial charge >= 0.3 is 0 Å². The molecule has 0 heterocycles. The number of aromatic hydroxyl groups is 2. The summed E-state index contributed by atoms with van der Waals surface area (Å²) < 4.78 is 0. The fourth-order valence-corrected chi connectivity index (χ4v) is 7.46. The zero-order valence-corrected chi connectivity index (χ0v) is 32.6. The third-order valence-electron chi connectivity index (χ3n) is 10.2. The minimum atomic E-state index is -0.496. The van der Waals surface area contributed by atoms with E-state index in [-0.39, 0.29) is 51.5 Å². The summed E-state index contributed by atoms with van der Waals surface area (Å²) in [4.78, 5) is 32.7. The molecule has 0 spiro atoms. The zero-order chi connectivity index (χ0) is 41.3. The Labute approximate surface area is 348 Å². The van der Waals surface area contributed by atoms with Gasteiger partial charge < -0.3 is 15.5 Å². The van der Waals surface area contributed by atoms with Gasteiger partial charge in [0, 0.05) is 21.9 Å². The number of fused-ring (bicyclic) bond motifs is 5. The van der Waals surface area contributed by atoms with Crippen LogP contribution in [-0.2, 0) is 11.4 Å². The molecule has 0 radical (unpaired) electrons. The van der Waals surface area contributed by atoms with E-state index in [1.807, 2.05) is 79.7 Å². The minimum Gasteiger partial charge on any atom is -0.504 e. The van der Waals surface area contributed by atoms with E-state index in [1.54, 1.807) is 72.8 Å². The third-order valence-corrected chi connectivity index (χ3v) is 10.5. The van der Waals surface area contributed by atoms with Crippen LogP contribution in [0.4, 0.5) is 34.1 Å². The van der Waals surface area contributed by atoms with Crippen molar-refractivity contribution < 1.29 is 24.6 Å². The molecule has 0 atom stereocenters. The number of azo groups is 2. The van der Waals surface area contributed by atoms with Crippen molar-refractivity contribution >= 4 is 79.0 Å². The van der Waals surface area contributed by atoms with E-state index >= 15 is 0 Å². The quantitative estimate of drug-likeness (QED) is 0.0612. The van der Waals surface area contributed by atoms with Crippen LogP contribution in [0.25, 0.3) is 32.7 Å². The number of anilines is 2. The smallest absolute Gasteiger partial charge is 0.257 e. The lowest BCUT2D eigenvalue weighted by Gasteiger charge is -2.13. The van der Waals surface area contributed by atoms with Gasteiger partial charge in [0.05, 0.1) is 34.3 Å². The molecule has 0 aromatic heterocycles. The number of carbonyl (C=O) groups excluding carboxylic acids is 2. The number of rotatable bonds is 10. The van der Waals surface area contributed by atoms with E-state index < -0.39 is 5.91 Å². The predicted molar refractivity (Wildman–Crippen MR) is 234 cm³/mol. The molecule has 292 valence electrons. The second-order valence-electron chi connectivity index (χ2n) is 14.2. The van der Waals surface area contributed by atoms with Crippen LogP contribution >= 0.6 is 11.6 Å². The molecule has 0 bridgehead atoms. The van der Waals surface area contributed by atoms with E-state index in [9.17, 15) is 19.8 Å². The number of hydrogen-bond donors (Lipinski definition) is 4. The summed E-state index contributed by atoms with van der Waals surface area (Å²) in [6.45, 7) is 2.29. The Morgan fingerprint density at radius 2 is 1.18 bits per heavy atom. The van der Waals surface area contributed by atoms with Crippen LogP contribution in [0.5, 0.6) is 11.5 Å². The molecule has 0 saturated carbocycles. The van der Waals surface area contributed by atoms with Gasteiger partial charge in [-0.05, 0) is 82.9 Å². The van der Waals surface area contributed by atoms with Crippen LogP contribution in [0.1, 0.15) is 37.4 Å². The van der Waals surface area contributed by atoms with Gasteiger partial charge in [0.25, 0.3) is 5.91 Å². The predicted octanol–water partition coefficient (Wildman–Crippen LogP) is 13.2. The molecule has 0 aliphatic heterocycles. The van der Waals surface area contributed by atoms with E-state index in [2.05, 4.69) is 31.3 Å². The average Bonchev–Trinajstić information content (AvgIpc) is 3.53. The molecule has 0 unspecified atom stereocenters. The Morgan fingerprint density at radius 1 is 0.617 bits per heavy atom. The highest BCUT2D eigenvalue weighted by Crippen LogP contribution is 2.45. The van der Waals surface area contributed by atoms with Crippen molar-refractivity contribution in [3.63, 3.8) is 0 Å². The van der Waals surface area contributed by atoms with E-state index in [4.69, 9.17) is 16.4 Å². The van der Waals surface area contributed by atoms with Crippen molar-refractivity contribution in [2.24, 2.45) is 20.5 Å². The number of hydrogen-bond acceptors (Lipinski definition) is 10. The molecule has 0 saturated heterocycles. The number of phenolic OH excluding ortho intramolecular Hbond substituents is 2. The molecule has 4 N–H and O–H groups in total. The number of aryl methyl sites for hydroxylation is 1. The highest BCUT2D eigenvalue weighted by molar-refractivity contribution is 6.34. The summed E-state index contributed by atoms with van der Waals surface area (Å²) in [5, 5.41) is 46.3. The minimum absolute atomic E-state index is 0.135. The third kappa shape index (κ3) is 7.30. The van der Waals surface area contributed by atoms with Crippen LogP contribution in [0.3, 0.4) is 0 Å². The lowest BCUT2D eigenvalue weighted by molar-refractivity contribution is 0.102. The fourth-order valence-electron chi connectivity index (χ4n) is 7.24. The molecule has 11 nitrogen and oxygen atoms in total. The number of benzene rings is 8. The molecule has 60 heavy (non-hydrogen) atoms. The van der Waals surface area contributed by atoms with Crippen molar-refractivity contribution in [2.45, 2.75) is 13.5 Å². The van der Waals surface area contributed by atoms with Crippen molar-refractivity contribution in [3.8, 4) is 22.6 Å². The van der Waals surface area contributed by atoms with E-state index in [0.717, 1.165) is 27.6 Å². The first kappa shape index (κ1) is 37.8. The average molecular weight is 809 g/mol. The van der Waals surface area contributed by atoms with Crippen LogP contribution in [0.15, 0.2) is 166 Å². The summed E-state index contributed by atoms with van der Waals surface area (Å²) >= 11 is 6.25. The van der Waals surface area contributed by atoms with Gasteiger partial charge in [0.2, 0.25) is 0 Å². The first-order valence-corrected chi connectivity index (χ1v) is 19.2. The highest BCUT2D eigenvalue weighted by atomic mass is 35.5. The zero-order valence-electron chi connectivity index (χ0n) is 31.8. The SMILES string of the molecule is Cc1cccc(CONc2cc3ccccc3c(N=Nc3ccc4c(c3)C(=O)c3cc(N=Nc5c(O)c(NC(=O)c6ccccc6Cl)cc6ccccc56)ccc3-4)c2O)c1. The maximum absolute atomic E-state index is 13.9. The number of nitrogens with zero attached hydrogens (tertiary/aromatic N) is 4. The second kappa shape index (κ2) is 15.9. The van der Waals surface area contributed by atoms with E-state index in [0.29, 0.717) is 44.3 Å². The molecule has 1 amide bonds. The van der Waals surface area contributed by atoms with Gasteiger partial charge in [-0.25, -0.2) is 0 Å². The number of nitrogens with one attached hydrogen (secondary N) is 2. The molecule has 1 aliphatic rings. The standard InChI is InChI=1S/C48H33ClN6O5/c1-27-9-8-10-28(21-27)26-60-55-42-23-30-12-3-5-14-34(30)44(47(42)58)54-52-32-18-20-36-35-19-17-31(24-38(35)45(56)39(36)25-32)51-53-43-33-13-4-2-11-29(33)22-41(46(43)57)50-48(59)37-15-6-7-16-40(37)49/h2-25,55,57-58H,26H2,1H3,(H,50,59). The van der Waals surface area contributed by atoms with Crippen LogP contribution in [0.2, 0.25) is 5.02 Å². The maximum Gasteiger partial charge on any atom is 0.257 e. The summed E-state index contributed by atoms with van der Waals surface area (Å²) in [6.07, 6.45) is 0. The van der Waals surface area contributed by atoms with Crippen LogP contribution in [0, 0.1) is 6.92 Å². The Balaban J connectivity index is 0.967. The van der Waals surface area contributed by atoms with Gasteiger partial charge in [0.1, 0.15) is 17.1 Å². The van der Waals surface area contributed by atoms with Gasteiger partial charge in [-0.15, -0.1) is 10.2 Å². The van der Waals surface area contributed by atoms with Crippen LogP contribution < -0.4 is 10.8 Å². The second-order valence-corrected chi connectivity index (χ2v) is 14.6. The summed E-state index contributed by atoms with van der Waals surface area (Å²) in [5.74, 6) is -1.14. The van der Waals surface area contributed by atoms with Crippen LogP contribution in [-0.4, -0.2) is 21.9 Å². The van der Waals surface area contributed by atoms with Gasteiger partial charge in [0.15, 0.2) is 17.3 Å². The first-order chi connectivity index (χ1) is 29.2. The molecule has 1 aliphatic carbocycles. The lowest BCUT2D eigenvalue weighted by Crippen LogP contribution is -2.12. The first-order valence-electron chi connectivity index (χ1n) is 18.9. The molecule has 8 aromatic rings. The van der Waals surface area contributed by atoms with Gasteiger partial charge in [-0.3, -0.25) is 19.9 Å². The molecule has 9 rings (SSSR count). The van der Waals surface area contributed by atoms with Crippen molar-refractivity contribution in [1.82, 2.24) is 0 Å². The topological polar surface area (TPSA) is 157 Å². The molecular weight excluding hydrogens is 776 g/mol. The normalized spacial score (nSPS) is 12.1. The van der Waals surface area contributed by atoms with Crippen molar-refractivity contribution in [2.75, 3.05) is 10.8 Å². The molecule has 8 aromatic carbocycles.